The van der Waals surface area contributed by atoms with Crippen LogP contribution in [0.1, 0.15) is 31.0 Å². The van der Waals surface area contributed by atoms with E-state index >= 15 is 0 Å². The maximum absolute atomic E-state index is 13.8. The van der Waals surface area contributed by atoms with E-state index in [1.54, 1.807) is 0 Å². The maximum atomic E-state index is 13.8. The molecule has 44 heavy (non-hydrogen) atoms. The van der Waals surface area contributed by atoms with Crippen molar-refractivity contribution in [1.82, 2.24) is 19.8 Å². The van der Waals surface area contributed by atoms with Gasteiger partial charge in [0, 0.05) is 55.4 Å². The molecule has 0 N–H and O–H groups in total. The zero-order valence-electron chi connectivity index (χ0n) is 25.2. The number of anilines is 2. The topological polar surface area (TPSA) is 69.4 Å². The van der Waals surface area contributed by atoms with Gasteiger partial charge >= 0.3 is 6.01 Å². The molecule has 0 bridgehead atoms. The number of amides is 1. The number of fused-ring (bicyclic) bond motifs is 2. The molecule has 9 nitrogen and oxygen atoms in total. The standard InChI is InChI=1S/C33H37ClFN7O2/c1-21(18-39(4)24-11-12-24)44-33-37-28-20-40(29-10-6-8-23-7-5-9-27(34)30(23)29)14-13-26(28)31(38-33)41-15-16-42(32(43)22(2)35)25(19-41)17-36-3/h5-10,21,24-25H,2,11-20H2,1,4H3/t21-,25-/m0/s1. The molecule has 1 aromatic heterocycles. The quantitative estimate of drug-likeness (QED) is 0.244. The number of nitrogens with zero attached hydrogens (tertiary/aromatic N) is 7. The highest BCUT2D eigenvalue weighted by Gasteiger charge is 2.36. The Labute approximate surface area is 262 Å². The average molecular weight is 618 g/mol. The second kappa shape index (κ2) is 12.6. The van der Waals surface area contributed by atoms with Crippen molar-refractivity contribution < 1.29 is 13.9 Å². The van der Waals surface area contributed by atoms with Gasteiger partial charge in [0.05, 0.1) is 17.3 Å². The Morgan fingerprint density at radius 3 is 2.70 bits per heavy atom. The number of carbonyl (C=O) groups is 1. The van der Waals surface area contributed by atoms with E-state index in [4.69, 9.17) is 32.9 Å². The third-order valence-corrected chi connectivity index (χ3v) is 9.11. The molecule has 1 saturated carbocycles. The van der Waals surface area contributed by atoms with Crippen LogP contribution in [0.5, 0.6) is 6.01 Å². The van der Waals surface area contributed by atoms with Crippen LogP contribution in [-0.4, -0.2) is 90.2 Å². The molecule has 3 aromatic rings. The summed E-state index contributed by atoms with van der Waals surface area (Å²) < 4.78 is 20.2. The number of halogens is 2. The second-order valence-corrected chi connectivity index (χ2v) is 12.4. The lowest BCUT2D eigenvalue weighted by molar-refractivity contribution is -0.131. The molecule has 1 amide bonds. The molecule has 0 spiro atoms. The molecular formula is C33H37ClFN7O2. The SMILES string of the molecule is [C-]#[N+]C[C@H]1CN(c2nc(O[C@@H](C)CN(C)C3CC3)nc3c2CCN(c2cccc4cccc(Cl)c24)C3)CCN1C(=O)C(=C)F. The summed E-state index contributed by atoms with van der Waals surface area (Å²) in [5.74, 6) is -1.02. The molecule has 11 heteroatoms. The molecule has 1 saturated heterocycles. The molecule has 3 aliphatic rings. The van der Waals surface area contributed by atoms with Crippen LogP contribution >= 0.6 is 11.6 Å². The molecule has 1 aliphatic carbocycles. The number of ether oxygens (including phenoxy) is 1. The molecule has 3 heterocycles. The van der Waals surface area contributed by atoms with Crippen LogP contribution in [0.3, 0.4) is 0 Å². The van der Waals surface area contributed by atoms with Crippen LogP contribution in [0.2, 0.25) is 5.02 Å². The largest absolute Gasteiger partial charge is 0.459 e. The van der Waals surface area contributed by atoms with Gasteiger partial charge in [-0.25, -0.2) is 11.0 Å². The summed E-state index contributed by atoms with van der Waals surface area (Å²) >= 11 is 6.69. The van der Waals surface area contributed by atoms with Crippen molar-refractivity contribution in [2.45, 2.75) is 50.9 Å². The Balaban J connectivity index is 1.33. The van der Waals surface area contributed by atoms with Crippen molar-refractivity contribution in [3.8, 4) is 6.01 Å². The van der Waals surface area contributed by atoms with E-state index in [1.165, 1.54) is 17.7 Å². The first kappa shape index (κ1) is 30.1. The highest BCUT2D eigenvalue weighted by molar-refractivity contribution is 6.36. The fourth-order valence-electron chi connectivity index (χ4n) is 6.47. The van der Waals surface area contributed by atoms with Gasteiger partial charge < -0.3 is 24.3 Å². The molecule has 2 aromatic carbocycles. The highest BCUT2D eigenvalue weighted by Crippen LogP contribution is 2.37. The van der Waals surface area contributed by atoms with Crippen molar-refractivity contribution in [3.63, 3.8) is 0 Å². The van der Waals surface area contributed by atoms with Gasteiger partial charge in [-0.2, -0.15) is 9.97 Å². The van der Waals surface area contributed by atoms with Gasteiger partial charge in [0.2, 0.25) is 6.54 Å². The Hall–Kier alpha value is -3.94. The number of likely N-dealkylation sites (N-methyl/N-ethyl adjacent to an activating group) is 1. The van der Waals surface area contributed by atoms with Crippen molar-refractivity contribution >= 4 is 39.8 Å². The predicted octanol–water partition coefficient (Wildman–Crippen LogP) is 5.13. The number of aromatic nitrogens is 2. The number of carbonyl (C=O) groups excluding carboxylic acids is 1. The van der Waals surface area contributed by atoms with Crippen molar-refractivity contribution in [3.05, 3.63) is 76.5 Å². The molecule has 230 valence electrons. The summed E-state index contributed by atoms with van der Waals surface area (Å²) in [6.45, 7) is 15.9. The maximum Gasteiger partial charge on any atom is 0.318 e. The van der Waals surface area contributed by atoms with Crippen LogP contribution in [-0.2, 0) is 17.8 Å². The van der Waals surface area contributed by atoms with Gasteiger partial charge in [-0.3, -0.25) is 9.69 Å². The van der Waals surface area contributed by atoms with E-state index in [1.807, 2.05) is 25.1 Å². The van der Waals surface area contributed by atoms with Crippen molar-refractivity contribution in [2.75, 3.05) is 56.1 Å². The lowest BCUT2D eigenvalue weighted by Gasteiger charge is -2.41. The monoisotopic (exact) mass is 617 g/mol. The smallest absolute Gasteiger partial charge is 0.318 e. The van der Waals surface area contributed by atoms with Crippen molar-refractivity contribution in [1.29, 1.82) is 0 Å². The van der Waals surface area contributed by atoms with Crippen LogP contribution in [0.15, 0.2) is 48.8 Å². The second-order valence-electron chi connectivity index (χ2n) is 12.0. The summed E-state index contributed by atoms with van der Waals surface area (Å²) in [6.07, 6.45) is 3.00. The Morgan fingerprint density at radius 2 is 1.98 bits per heavy atom. The van der Waals surface area contributed by atoms with E-state index in [2.05, 4.69) is 51.4 Å². The van der Waals surface area contributed by atoms with Crippen molar-refractivity contribution in [2.24, 2.45) is 0 Å². The lowest BCUT2D eigenvalue weighted by Crippen LogP contribution is -2.57. The Bertz CT molecular complexity index is 1620. The van der Waals surface area contributed by atoms with E-state index in [0.717, 1.165) is 46.6 Å². The molecule has 0 radical (unpaired) electrons. The first-order valence-corrected chi connectivity index (χ1v) is 15.5. The predicted molar refractivity (Wildman–Crippen MR) is 171 cm³/mol. The lowest BCUT2D eigenvalue weighted by atomic mass is 10.0. The minimum absolute atomic E-state index is 0.0618. The van der Waals surface area contributed by atoms with Gasteiger partial charge in [-0.15, -0.1) is 0 Å². The molecule has 0 unspecified atom stereocenters. The molecule has 2 atom stereocenters. The summed E-state index contributed by atoms with van der Waals surface area (Å²) in [7, 11) is 2.12. The van der Waals surface area contributed by atoms with Gasteiger partial charge in [0.15, 0.2) is 5.83 Å². The van der Waals surface area contributed by atoms with Gasteiger partial charge in [-0.05, 0) is 50.8 Å². The van der Waals surface area contributed by atoms with Crippen LogP contribution < -0.4 is 14.5 Å². The normalized spacial score (nSPS) is 19.1. The third kappa shape index (κ3) is 6.17. The minimum atomic E-state index is -1.01. The molecular weight excluding hydrogens is 581 g/mol. The van der Waals surface area contributed by atoms with Gasteiger partial charge in [0.1, 0.15) is 18.0 Å². The summed E-state index contributed by atoms with van der Waals surface area (Å²) in [4.78, 5) is 34.1. The van der Waals surface area contributed by atoms with E-state index in [9.17, 15) is 9.18 Å². The fourth-order valence-corrected chi connectivity index (χ4v) is 6.75. The first-order chi connectivity index (χ1) is 21.2. The summed E-state index contributed by atoms with van der Waals surface area (Å²) in [5, 5.41) is 2.80. The summed E-state index contributed by atoms with van der Waals surface area (Å²) in [6, 6.07) is 12.6. The Kier molecular flexibility index (Phi) is 8.61. The number of piperazine rings is 1. The zero-order chi connectivity index (χ0) is 31.0. The number of rotatable bonds is 9. The van der Waals surface area contributed by atoms with Crippen LogP contribution in [0, 0.1) is 6.57 Å². The minimum Gasteiger partial charge on any atom is -0.459 e. The number of benzene rings is 2. The molecule has 2 aliphatic heterocycles. The van der Waals surface area contributed by atoms with Gasteiger partial charge in [0.25, 0.3) is 5.91 Å². The van der Waals surface area contributed by atoms with Gasteiger partial charge in [-0.1, -0.05) is 42.4 Å². The van der Waals surface area contributed by atoms with E-state index in [0.29, 0.717) is 43.1 Å². The van der Waals surface area contributed by atoms with Crippen LogP contribution in [0.25, 0.3) is 15.6 Å². The fraction of sp³-hybridized carbons (Fsp3) is 0.455. The average Bonchev–Trinajstić information content (AvgIpc) is 3.86. The highest BCUT2D eigenvalue weighted by atomic mass is 35.5. The van der Waals surface area contributed by atoms with E-state index < -0.39 is 17.8 Å². The molecule has 6 rings (SSSR count). The Morgan fingerprint density at radius 1 is 1.20 bits per heavy atom. The van der Waals surface area contributed by atoms with E-state index in [-0.39, 0.29) is 19.2 Å². The number of hydrogen-bond acceptors (Lipinski definition) is 7. The number of hydrogen-bond donors (Lipinski definition) is 0. The van der Waals surface area contributed by atoms with Crippen LogP contribution in [0.4, 0.5) is 15.9 Å². The zero-order valence-corrected chi connectivity index (χ0v) is 25.9. The summed E-state index contributed by atoms with van der Waals surface area (Å²) in [5.41, 5.74) is 2.95. The third-order valence-electron chi connectivity index (χ3n) is 8.79. The first-order valence-electron chi connectivity index (χ1n) is 15.2. The molecule has 2 fully saturated rings.